The zero-order valence-electron chi connectivity index (χ0n) is 14.9. The van der Waals surface area contributed by atoms with E-state index in [-0.39, 0.29) is 12.1 Å². The average molecular weight is 333 g/mol. The zero-order chi connectivity index (χ0) is 17.1. The molecule has 1 aliphatic rings. The molecule has 3 heterocycles. The van der Waals surface area contributed by atoms with Crippen molar-refractivity contribution in [1.29, 1.82) is 0 Å². The first-order chi connectivity index (χ1) is 11.6. The van der Waals surface area contributed by atoms with Gasteiger partial charge in [-0.2, -0.15) is 15.0 Å². The summed E-state index contributed by atoms with van der Waals surface area (Å²) in [7, 11) is 4.17. The smallest absolute Gasteiger partial charge is 0.0994 e. The van der Waals surface area contributed by atoms with Crippen LogP contribution in [0.15, 0.2) is 12.5 Å². The van der Waals surface area contributed by atoms with Crippen molar-refractivity contribution in [2.24, 2.45) is 7.05 Å². The normalized spacial score (nSPS) is 22.2. The summed E-state index contributed by atoms with van der Waals surface area (Å²) < 4.78 is 8.12. The number of imidazole rings is 1. The monoisotopic (exact) mass is 333 g/mol. The van der Waals surface area contributed by atoms with Crippen LogP contribution in [0.3, 0.4) is 0 Å². The summed E-state index contributed by atoms with van der Waals surface area (Å²) in [6.45, 7) is 7.98. The maximum absolute atomic E-state index is 6.05. The Balaban J connectivity index is 1.64. The molecular formula is C16H27N7O. The number of morpholine rings is 1. The Hall–Kier alpha value is -1.77. The number of rotatable bonds is 6. The van der Waals surface area contributed by atoms with Gasteiger partial charge >= 0.3 is 0 Å². The summed E-state index contributed by atoms with van der Waals surface area (Å²) in [5.74, 6) is 0. The number of aromatic nitrogens is 5. The third-order valence-corrected chi connectivity index (χ3v) is 4.60. The van der Waals surface area contributed by atoms with E-state index in [9.17, 15) is 0 Å². The van der Waals surface area contributed by atoms with E-state index in [1.165, 1.54) is 5.69 Å². The molecule has 8 nitrogen and oxygen atoms in total. The Bertz CT molecular complexity index is 665. The van der Waals surface area contributed by atoms with Crippen molar-refractivity contribution < 1.29 is 4.74 Å². The van der Waals surface area contributed by atoms with Crippen molar-refractivity contribution in [3.63, 3.8) is 0 Å². The van der Waals surface area contributed by atoms with Gasteiger partial charge in [0.1, 0.15) is 0 Å². The van der Waals surface area contributed by atoms with Crippen LogP contribution in [0.2, 0.25) is 0 Å². The summed E-state index contributed by atoms with van der Waals surface area (Å²) >= 11 is 0. The largest absolute Gasteiger partial charge is 0.374 e. The number of hydrogen-bond acceptors (Lipinski definition) is 6. The van der Waals surface area contributed by atoms with Crippen LogP contribution in [-0.2, 0) is 24.9 Å². The van der Waals surface area contributed by atoms with Gasteiger partial charge in [0.2, 0.25) is 0 Å². The molecule has 0 saturated carbocycles. The summed E-state index contributed by atoms with van der Waals surface area (Å²) in [5.41, 5.74) is 3.16. The molecule has 1 saturated heterocycles. The minimum atomic E-state index is 0.0840. The van der Waals surface area contributed by atoms with E-state index in [1.54, 1.807) is 4.80 Å². The van der Waals surface area contributed by atoms with Gasteiger partial charge in [-0.05, 0) is 20.9 Å². The Morgan fingerprint density at radius 2 is 2.17 bits per heavy atom. The van der Waals surface area contributed by atoms with Crippen LogP contribution in [0.4, 0.5) is 0 Å². The molecule has 0 radical (unpaired) electrons. The average Bonchev–Trinajstić information content (AvgIpc) is 3.14. The molecule has 0 unspecified atom stereocenters. The Labute approximate surface area is 142 Å². The van der Waals surface area contributed by atoms with Crippen molar-refractivity contribution >= 4 is 0 Å². The topological polar surface area (TPSA) is 73.0 Å². The third-order valence-electron chi connectivity index (χ3n) is 4.60. The number of nitrogens with zero attached hydrogens (tertiary/aromatic N) is 6. The fourth-order valence-electron chi connectivity index (χ4n) is 3.20. The lowest BCUT2D eigenvalue weighted by Crippen LogP contribution is -2.48. The first kappa shape index (κ1) is 17.1. The predicted molar refractivity (Wildman–Crippen MR) is 90.5 cm³/mol. The van der Waals surface area contributed by atoms with Crippen LogP contribution in [-0.4, -0.2) is 62.3 Å². The standard InChI is InChI=1S/C16H27N7O/c1-5-23-19-12(2)13(20-23)8-17-10-15-16(21(3)6-7-24-15)14-9-18-11-22(14)4/h9,11,15-17H,5-8,10H2,1-4H3/t15-,16-/m0/s1. The van der Waals surface area contributed by atoms with Gasteiger partial charge in [0.15, 0.2) is 0 Å². The first-order valence-electron chi connectivity index (χ1n) is 8.49. The van der Waals surface area contributed by atoms with Crippen LogP contribution in [0.25, 0.3) is 0 Å². The lowest BCUT2D eigenvalue weighted by atomic mass is 10.0. The molecule has 0 aromatic carbocycles. The van der Waals surface area contributed by atoms with Gasteiger partial charge in [-0.15, -0.1) is 0 Å². The lowest BCUT2D eigenvalue weighted by molar-refractivity contribution is -0.0636. The van der Waals surface area contributed by atoms with Crippen LogP contribution in [0, 0.1) is 6.92 Å². The SMILES string of the molecule is CCn1nc(C)c(CNC[C@@H]2OCCN(C)[C@H]2c2cncn2C)n1. The van der Waals surface area contributed by atoms with Crippen molar-refractivity contribution in [3.8, 4) is 0 Å². The molecule has 0 bridgehead atoms. The molecule has 3 rings (SSSR count). The Morgan fingerprint density at radius 3 is 2.83 bits per heavy atom. The highest BCUT2D eigenvalue weighted by Gasteiger charge is 2.33. The molecule has 2 atom stereocenters. The molecule has 1 aliphatic heterocycles. The van der Waals surface area contributed by atoms with Crippen LogP contribution >= 0.6 is 0 Å². The van der Waals surface area contributed by atoms with E-state index in [0.717, 1.165) is 37.6 Å². The van der Waals surface area contributed by atoms with Gasteiger partial charge < -0.3 is 14.6 Å². The Kier molecular flexibility index (Phi) is 5.27. The molecule has 8 heteroatoms. The van der Waals surface area contributed by atoms with Gasteiger partial charge in [-0.1, -0.05) is 0 Å². The summed E-state index contributed by atoms with van der Waals surface area (Å²) in [4.78, 5) is 8.33. The van der Waals surface area contributed by atoms with Crippen molar-refractivity contribution in [2.45, 2.75) is 39.1 Å². The van der Waals surface area contributed by atoms with Crippen LogP contribution in [0.1, 0.15) is 30.0 Å². The highest BCUT2D eigenvalue weighted by atomic mass is 16.5. The van der Waals surface area contributed by atoms with E-state index in [2.05, 4.69) is 37.0 Å². The van der Waals surface area contributed by atoms with Crippen molar-refractivity contribution in [3.05, 3.63) is 29.6 Å². The maximum atomic E-state index is 6.05. The number of ether oxygens (including phenoxy) is 1. The number of nitrogens with one attached hydrogen (secondary N) is 1. The van der Waals surface area contributed by atoms with E-state index in [4.69, 9.17) is 4.74 Å². The quantitative estimate of drug-likeness (QED) is 0.830. The van der Waals surface area contributed by atoms with Gasteiger partial charge in [0.05, 0.1) is 48.7 Å². The molecule has 1 N–H and O–H groups in total. The summed E-state index contributed by atoms with van der Waals surface area (Å²) in [6, 6.07) is 0.200. The molecule has 0 aliphatic carbocycles. The minimum absolute atomic E-state index is 0.0840. The van der Waals surface area contributed by atoms with Crippen LogP contribution in [0.5, 0.6) is 0 Å². The molecule has 132 valence electrons. The highest BCUT2D eigenvalue weighted by Crippen LogP contribution is 2.27. The molecule has 1 fully saturated rings. The molecule has 2 aromatic rings. The van der Waals surface area contributed by atoms with E-state index in [1.807, 2.05) is 33.4 Å². The second-order valence-corrected chi connectivity index (χ2v) is 6.32. The second kappa shape index (κ2) is 7.42. The second-order valence-electron chi connectivity index (χ2n) is 6.32. The summed E-state index contributed by atoms with van der Waals surface area (Å²) in [5, 5.41) is 12.4. The van der Waals surface area contributed by atoms with Crippen molar-refractivity contribution in [1.82, 2.24) is 34.8 Å². The van der Waals surface area contributed by atoms with Gasteiger partial charge in [0, 0.05) is 32.9 Å². The van der Waals surface area contributed by atoms with Crippen molar-refractivity contribution in [2.75, 3.05) is 26.7 Å². The minimum Gasteiger partial charge on any atom is -0.374 e. The predicted octanol–water partition coefficient (Wildman–Crippen LogP) is 0.501. The molecule has 0 amide bonds. The van der Waals surface area contributed by atoms with Gasteiger partial charge in [-0.25, -0.2) is 4.98 Å². The highest BCUT2D eigenvalue weighted by molar-refractivity contribution is 5.10. The molecule has 2 aromatic heterocycles. The molecule has 24 heavy (non-hydrogen) atoms. The van der Waals surface area contributed by atoms with E-state index >= 15 is 0 Å². The van der Waals surface area contributed by atoms with Crippen LogP contribution < -0.4 is 5.32 Å². The number of likely N-dealkylation sites (N-methyl/N-ethyl adjacent to an activating group) is 1. The molecular weight excluding hydrogens is 306 g/mol. The number of aryl methyl sites for hydroxylation is 3. The lowest BCUT2D eigenvalue weighted by Gasteiger charge is -2.39. The fourth-order valence-corrected chi connectivity index (χ4v) is 3.20. The van der Waals surface area contributed by atoms with Gasteiger partial charge in [-0.3, -0.25) is 4.90 Å². The van der Waals surface area contributed by atoms with Gasteiger partial charge in [0.25, 0.3) is 0 Å². The summed E-state index contributed by atoms with van der Waals surface area (Å²) in [6.07, 6.45) is 3.86. The maximum Gasteiger partial charge on any atom is 0.0994 e. The zero-order valence-corrected chi connectivity index (χ0v) is 14.9. The number of hydrogen-bond donors (Lipinski definition) is 1. The third kappa shape index (κ3) is 3.50. The van der Waals surface area contributed by atoms with E-state index in [0.29, 0.717) is 6.54 Å². The first-order valence-corrected chi connectivity index (χ1v) is 8.49. The van der Waals surface area contributed by atoms with E-state index < -0.39 is 0 Å². The Morgan fingerprint density at radius 1 is 1.33 bits per heavy atom. The molecule has 0 spiro atoms. The fraction of sp³-hybridized carbons (Fsp3) is 0.688.